The summed E-state index contributed by atoms with van der Waals surface area (Å²) in [5, 5.41) is 0. The van der Waals surface area contributed by atoms with E-state index in [0.717, 1.165) is 24.2 Å². The lowest BCUT2D eigenvalue weighted by Crippen LogP contribution is -2.32. The van der Waals surface area contributed by atoms with Gasteiger partial charge >= 0.3 is 5.97 Å². The molecule has 0 aliphatic carbocycles. The van der Waals surface area contributed by atoms with Crippen LogP contribution >= 0.6 is 0 Å². The summed E-state index contributed by atoms with van der Waals surface area (Å²) in [6.45, 7) is 5.95. The Bertz CT molecular complexity index is 517. The van der Waals surface area contributed by atoms with Gasteiger partial charge in [0.05, 0.1) is 6.61 Å². The number of carbonyl (C=O) groups excluding carboxylic acids is 2. The number of ether oxygens (including phenoxy) is 2. The first kappa shape index (κ1) is 13.6. The van der Waals surface area contributed by atoms with Gasteiger partial charge in [-0.15, -0.1) is 0 Å². The average molecular weight is 262 g/mol. The van der Waals surface area contributed by atoms with E-state index in [9.17, 15) is 9.59 Å². The lowest BCUT2D eigenvalue weighted by molar-refractivity contribution is -0.137. The number of ketones is 1. The number of Topliss-reactive ketones (excluding diaryl/α,β-unsaturated/α-hetero) is 1. The Labute approximate surface area is 112 Å². The molecule has 4 nitrogen and oxygen atoms in total. The molecule has 0 fully saturated rings. The highest BCUT2D eigenvalue weighted by molar-refractivity contribution is 6.40. The number of benzene rings is 1. The van der Waals surface area contributed by atoms with Gasteiger partial charge in [0, 0.05) is 5.56 Å². The summed E-state index contributed by atoms with van der Waals surface area (Å²) in [4.78, 5) is 23.2. The summed E-state index contributed by atoms with van der Waals surface area (Å²) in [5.74, 6) is -0.620. The first-order valence-electron chi connectivity index (χ1n) is 6.46. The van der Waals surface area contributed by atoms with Crippen LogP contribution in [0.3, 0.4) is 0 Å². The van der Waals surface area contributed by atoms with E-state index < -0.39 is 11.8 Å². The van der Waals surface area contributed by atoms with Crippen LogP contribution in [0.2, 0.25) is 0 Å². The van der Waals surface area contributed by atoms with Crippen molar-refractivity contribution in [1.29, 1.82) is 0 Å². The molecule has 102 valence electrons. The molecule has 1 aromatic carbocycles. The number of fused-ring (bicyclic) bond motifs is 1. The lowest BCUT2D eigenvalue weighted by Gasteiger charge is -2.32. The molecular formula is C15H18O4. The molecule has 0 atom stereocenters. The van der Waals surface area contributed by atoms with Crippen LogP contribution in [-0.4, -0.2) is 24.0 Å². The number of rotatable bonds is 3. The highest BCUT2D eigenvalue weighted by atomic mass is 16.5. The van der Waals surface area contributed by atoms with Crippen molar-refractivity contribution >= 4 is 11.8 Å². The van der Waals surface area contributed by atoms with Gasteiger partial charge < -0.3 is 9.47 Å². The summed E-state index contributed by atoms with van der Waals surface area (Å²) in [7, 11) is 0. The van der Waals surface area contributed by atoms with Gasteiger partial charge in [-0.2, -0.15) is 0 Å². The van der Waals surface area contributed by atoms with Crippen LogP contribution in [0.5, 0.6) is 5.75 Å². The van der Waals surface area contributed by atoms with Crippen molar-refractivity contribution in [2.45, 2.75) is 39.2 Å². The molecule has 0 amide bonds. The second-order valence-corrected chi connectivity index (χ2v) is 5.23. The van der Waals surface area contributed by atoms with Gasteiger partial charge in [-0.1, -0.05) is 0 Å². The van der Waals surface area contributed by atoms with Crippen molar-refractivity contribution in [3.63, 3.8) is 0 Å². The summed E-state index contributed by atoms with van der Waals surface area (Å²) in [6.07, 6.45) is 1.73. The number of hydrogen-bond acceptors (Lipinski definition) is 4. The van der Waals surface area contributed by atoms with E-state index in [1.807, 2.05) is 13.8 Å². The van der Waals surface area contributed by atoms with Crippen LogP contribution < -0.4 is 4.74 Å². The number of carbonyl (C=O) groups is 2. The summed E-state index contributed by atoms with van der Waals surface area (Å²) in [6, 6.07) is 5.09. The minimum atomic E-state index is -0.806. The Kier molecular flexibility index (Phi) is 3.60. The number of aryl methyl sites for hydroxylation is 1. The molecule has 0 bridgehead atoms. The van der Waals surface area contributed by atoms with E-state index in [1.54, 1.807) is 25.1 Å². The summed E-state index contributed by atoms with van der Waals surface area (Å²) < 4.78 is 10.6. The fourth-order valence-electron chi connectivity index (χ4n) is 2.11. The second-order valence-electron chi connectivity index (χ2n) is 5.23. The molecule has 19 heavy (non-hydrogen) atoms. The van der Waals surface area contributed by atoms with E-state index in [1.165, 1.54) is 0 Å². The zero-order valence-electron chi connectivity index (χ0n) is 11.5. The normalized spacial score (nSPS) is 16.2. The van der Waals surface area contributed by atoms with Gasteiger partial charge in [0.1, 0.15) is 11.4 Å². The van der Waals surface area contributed by atoms with Crippen LogP contribution in [0, 0.1) is 0 Å². The van der Waals surface area contributed by atoms with Crippen molar-refractivity contribution in [3.05, 3.63) is 29.3 Å². The monoisotopic (exact) mass is 262 g/mol. The predicted molar refractivity (Wildman–Crippen MR) is 70.4 cm³/mol. The highest BCUT2D eigenvalue weighted by Crippen LogP contribution is 2.33. The Morgan fingerprint density at radius 3 is 2.79 bits per heavy atom. The maximum atomic E-state index is 11.8. The van der Waals surface area contributed by atoms with Gasteiger partial charge in [-0.25, -0.2) is 4.79 Å². The third kappa shape index (κ3) is 2.95. The van der Waals surface area contributed by atoms with E-state index in [4.69, 9.17) is 9.47 Å². The Morgan fingerprint density at radius 1 is 1.37 bits per heavy atom. The molecule has 1 aliphatic heterocycles. The highest BCUT2D eigenvalue weighted by Gasteiger charge is 2.27. The number of hydrogen-bond donors (Lipinski definition) is 0. The fourth-order valence-corrected chi connectivity index (χ4v) is 2.11. The van der Waals surface area contributed by atoms with E-state index in [0.29, 0.717) is 5.56 Å². The topological polar surface area (TPSA) is 52.6 Å². The van der Waals surface area contributed by atoms with Gasteiger partial charge in [0.15, 0.2) is 0 Å². The van der Waals surface area contributed by atoms with Gasteiger partial charge in [-0.05, 0) is 57.4 Å². The van der Waals surface area contributed by atoms with Crippen LogP contribution in [0.4, 0.5) is 0 Å². The minimum Gasteiger partial charge on any atom is -0.488 e. The molecule has 1 heterocycles. The minimum absolute atomic E-state index is 0.181. The van der Waals surface area contributed by atoms with Crippen molar-refractivity contribution in [1.82, 2.24) is 0 Å². The molecule has 0 N–H and O–H groups in total. The van der Waals surface area contributed by atoms with E-state index >= 15 is 0 Å². The standard InChI is InChI=1S/C15H18O4/c1-4-18-14(17)13(16)11-5-6-12-10(9-11)7-8-15(2,3)19-12/h5-6,9H,4,7-8H2,1-3H3. The molecule has 1 aliphatic rings. The van der Waals surface area contributed by atoms with E-state index in [-0.39, 0.29) is 12.2 Å². The maximum absolute atomic E-state index is 11.8. The van der Waals surface area contributed by atoms with Gasteiger partial charge in [-0.3, -0.25) is 4.79 Å². The maximum Gasteiger partial charge on any atom is 0.379 e. The van der Waals surface area contributed by atoms with Crippen molar-refractivity contribution in [3.8, 4) is 5.75 Å². The first-order chi connectivity index (χ1) is 8.93. The number of esters is 1. The smallest absolute Gasteiger partial charge is 0.379 e. The average Bonchev–Trinajstić information content (AvgIpc) is 2.36. The quantitative estimate of drug-likeness (QED) is 0.477. The largest absolute Gasteiger partial charge is 0.488 e. The first-order valence-corrected chi connectivity index (χ1v) is 6.46. The van der Waals surface area contributed by atoms with Crippen LogP contribution in [0.15, 0.2) is 18.2 Å². The van der Waals surface area contributed by atoms with Crippen molar-refractivity contribution < 1.29 is 19.1 Å². The molecule has 0 radical (unpaired) electrons. The van der Waals surface area contributed by atoms with Crippen LogP contribution in [-0.2, 0) is 16.0 Å². The SMILES string of the molecule is CCOC(=O)C(=O)c1ccc2c(c1)CCC(C)(C)O2. The fraction of sp³-hybridized carbons (Fsp3) is 0.467. The molecule has 1 aromatic rings. The Balaban J connectivity index is 2.23. The third-order valence-corrected chi connectivity index (χ3v) is 3.17. The zero-order chi connectivity index (χ0) is 14.0. The molecular weight excluding hydrogens is 244 g/mol. The summed E-state index contributed by atoms with van der Waals surface area (Å²) in [5.41, 5.74) is 1.15. The third-order valence-electron chi connectivity index (χ3n) is 3.17. The van der Waals surface area contributed by atoms with Gasteiger partial charge in [0.2, 0.25) is 0 Å². The van der Waals surface area contributed by atoms with Crippen LogP contribution in [0.25, 0.3) is 0 Å². The molecule has 0 saturated heterocycles. The zero-order valence-corrected chi connectivity index (χ0v) is 11.5. The Hall–Kier alpha value is -1.84. The molecule has 0 spiro atoms. The van der Waals surface area contributed by atoms with Gasteiger partial charge in [0.25, 0.3) is 5.78 Å². The van der Waals surface area contributed by atoms with Crippen LogP contribution in [0.1, 0.15) is 43.1 Å². The van der Waals surface area contributed by atoms with Crippen molar-refractivity contribution in [2.24, 2.45) is 0 Å². The Morgan fingerprint density at radius 2 is 2.11 bits per heavy atom. The van der Waals surface area contributed by atoms with Crippen molar-refractivity contribution in [2.75, 3.05) is 6.61 Å². The summed E-state index contributed by atoms with van der Waals surface area (Å²) >= 11 is 0. The second kappa shape index (κ2) is 5.03. The lowest BCUT2D eigenvalue weighted by atomic mass is 9.93. The predicted octanol–water partition coefficient (Wildman–Crippen LogP) is 2.54. The van der Waals surface area contributed by atoms with E-state index in [2.05, 4.69) is 0 Å². The molecule has 4 heteroatoms. The molecule has 0 aromatic heterocycles. The molecule has 0 unspecified atom stereocenters. The molecule has 0 saturated carbocycles. The molecule has 2 rings (SSSR count).